The van der Waals surface area contributed by atoms with Crippen LogP contribution in [0.3, 0.4) is 0 Å². The number of sulfonamides is 1. The largest absolute Gasteiger partial charge is 0.382 e. The topological polar surface area (TPSA) is 49.4 Å². The Morgan fingerprint density at radius 1 is 0.957 bits per heavy atom. The summed E-state index contributed by atoms with van der Waals surface area (Å²) in [5, 5.41) is 3.54. The van der Waals surface area contributed by atoms with Crippen LogP contribution in [0.4, 0.5) is 5.69 Å². The Morgan fingerprint density at radius 3 is 2.22 bits per heavy atom. The van der Waals surface area contributed by atoms with E-state index < -0.39 is 10.0 Å². The Hall–Kier alpha value is -1.85. The lowest BCUT2D eigenvalue weighted by Crippen LogP contribution is -2.42. The van der Waals surface area contributed by atoms with Crippen molar-refractivity contribution in [3.8, 4) is 0 Å². The van der Waals surface area contributed by atoms with Gasteiger partial charge < -0.3 is 5.32 Å². The molecule has 2 aromatic rings. The summed E-state index contributed by atoms with van der Waals surface area (Å²) in [6.07, 6.45) is 1.64. The molecule has 1 fully saturated rings. The lowest BCUT2D eigenvalue weighted by molar-refractivity contribution is 0.329. The molecule has 3 rings (SSSR count). The Kier molecular flexibility index (Phi) is 4.68. The van der Waals surface area contributed by atoms with Crippen LogP contribution >= 0.6 is 0 Å². The third kappa shape index (κ3) is 3.57. The van der Waals surface area contributed by atoms with E-state index in [-0.39, 0.29) is 0 Å². The van der Waals surface area contributed by atoms with Gasteiger partial charge in [0.15, 0.2) is 0 Å². The number of nitrogens with one attached hydrogen (secondary N) is 1. The molecule has 0 unspecified atom stereocenters. The zero-order chi connectivity index (χ0) is 16.3. The van der Waals surface area contributed by atoms with Crippen LogP contribution in [-0.2, 0) is 10.0 Å². The van der Waals surface area contributed by atoms with E-state index in [2.05, 4.69) is 24.4 Å². The second-order valence-electron chi connectivity index (χ2n) is 5.95. The molecule has 0 aromatic heterocycles. The van der Waals surface area contributed by atoms with E-state index in [1.807, 2.05) is 18.2 Å². The Labute approximate surface area is 138 Å². The number of hydrogen-bond donors (Lipinski definition) is 1. The third-order valence-corrected chi connectivity index (χ3v) is 6.25. The van der Waals surface area contributed by atoms with Gasteiger partial charge in [-0.1, -0.05) is 36.4 Å². The summed E-state index contributed by atoms with van der Waals surface area (Å²) in [6.45, 7) is 3.19. The van der Waals surface area contributed by atoms with Crippen molar-refractivity contribution in [1.82, 2.24) is 4.31 Å². The molecule has 0 amide bonds. The van der Waals surface area contributed by atoms with Gasteiger partial charge >= 0.3 is 0 Å². The van der Waals surface area contributed by atoms with E-state index in [4.69, 9.17) is 0 Å². The van der Waals surface area contributed by atoms with Crippen molar-refractivity contribution in [1.29, 1.82) is 0 Å². The first-order chi connectivity index (χ1) is 11.1. The zero-order valence-corrected chi connectivity index (χ0v) is 14.1. The molecule has 1 aliphatic rings. The lowest BCUT2D eigenvalue weighted by Gasteiger charge is -2.32. The fourth-order valence-corrected chi connectivity index (χ4v) is 4.43. The smallest absolute Gasteiger partial charge is 0.243 e. The summed E-state index contributed by atoms with van der Waals surface area (Å²) in [4.78, 5) is 0.380. The summed E-state index contributed by atoms with van der Waals surface area (Å²) in [7, 11) is -3.36. The number of aryl methyl sites for hydroxylation is 1. The third-order valence-electron chi connectivity index (χ3n) is 4.34. The maximum absolute atomic E-state index is 12.6. The molecule has 1 heterocycles. The number of hydrogen-bond acceptors (Lipinski definition) is 3. The molecule has 0 radical (unpaired) electrons. The minimum atomic E-state index is -3.36. The first kappa shape index (κ1) is 16.0. The second-order valence-corrected chi connectivity index (χ2v) is 7.89. The van der Waals surface area contributed by atoms with E-state index in [0.29, 0.717) is 24.0 Å². The van der Waals surface area contributed by atoms with Gasteiger partial charge in [0.25, 0.3) is 0 Å². The highest BCUT2D eigenvalue weighted by Gasteiger charge is 2.29. The molecular formula is C18H22N2O2S. The van der Waals surface area contributed by atoms with Crippen LogP contribution in [0.1, 0.15) is 18.4 Å². The van der Waals surface area contributed by atoms with Gasteiger partial charge in [-0.3, -0.25) is 0 Å². The lowest BCUT2D eigenvalue weighted by atomic mass is 10.1. The maximum atomic E-state index is 12.6. The van der Waals surface area contributed by atoms with Crippen LogP contribution in [-0.4, -0.2) is 31.9 Å². The molecule has 0 bridgehead atoms. The molecule has 0 aliphatic carbocycles. The van der Waals surface area contributed by atoms with E-state index >= 15 is 0 Å². The van der Waals surface area contributed by atoms with Crippen molar-refractivity contribution < 1.29 is 8.42 Å². The maximum Gasteiger partial charge on any atom is 0.243 e. The first-order valence-corrected chi connectivity index (χ1v) is 9.39. The molecule has 5 heteroatoms. The fourth-order valence-electron chi connectivity index (χ4n) is 2.94. The highest BCUT2D eigenvalue weighted by molar-refractivity contribution is 7.89. The molecule has 122 valence electrons. The standard InChI is InChI=1S/C18H22N2O2S/c1-15-7-5-6-10-18(15)19-16-11-13-20(14-12-16)23(21,22)17-8-3-2-4-9-17/h2-10,16,19H,11-14H2,1H3. The van der Waals surface area contributed by atoms with Crippen LogP contribution in [0, 0.1) is 6.92 Å². The minimum Gasteiger partial charge on any atom is -0.382 e. The number of rotatable bonds is 4. The monoisotopic (exact) mass is 330 g/mol. The van der Waals surface area contributed by atoms with Gasteiger partial charge in [-0.05, 0) is 43.5 Å². The molecule has 0 spiro atoms. The van der Waals surface area contributed by atoms with Crippen molar-refractivity contribution in [2.24, 2.45) is 0 Å². The van der Waals surface area contributed by atoms with Gasteiger partial charge in [0.2, 0.25) is 10.0 Å². The van der Waals surface area contributed by atoms with Crippen molar-refractivity contribution in [3.05, 3.63) is 60.2 Å². The molecule has 1 N–H and O–H groups in total. The van der Waals surface area contributed by atoms with E-state index in [1.54, 1.807) is 28.6 Å². The number of anilines is 1. The van der Waals surface area contributed by atoms with Crippen LogP contribution in [0.2, 0.25) is 0 Å². The fraction of sp³-hybridized carbons (Fsp3) is 0.333. The summed E-state index contributed by atoms with van der Waals surface area (Å²) in [5.74, 6) is 0. The molecule has 23 heavy (non-hydrogen) atoms. The number of para-hydroxylation sites is 1. The Bertz CT molecular complexity index is 752. The number of nitrogens with zero attached hydrogens (tertiary/aromatic N) is 1. The van der Waals surface area contributed by atoms with Crippen molar-refractivity contribution in [2.45, 2.75) is 30.7 Å². The van der Waals surface area contributed by atoms with Gasteiger partial charge in [-0.15, -0.1) is 0 Å². The van der Waals surface area contributed by atoms with Crippen LogP contribution in [0.15, 0.2) is 59.5 Å². The number of piperidine rings is 1. The average molecular weight is 330 g/mol. The Morgan fingerprint density at radius 2 is 1.57 bits per heavy atom. The van der Waals surface area contributed by atoms with E-state index in [0.717, 1.165) is 18.5 Å². The van der Waals surface area contributed by atoms with E-state index in [1.165, 1.54) is 5.56 Å². The molecular weight excluding hydrogens is 308 g/mol. The second kappa shape index (κ2) is 6.72. The van der Waals surface area contributed by atoms with Crippen LogP contribution in [0.25, 0.3) is 0 Å². The number of benzene rings is 2. The van der Waals surface area contributed by atoms with Crippen molar-refractivity contribution in [3.63, 3.8) is 0 Å². The van der Waals surface area contributed by atoms with Gasteiger partial charge in [0.1, 0.15) is 0 Å². The predicted octanol–water partition coefficient (Wildman–Crippen LogP) is 3.26. The van der Waals surface area contributed by atoms with Crippen molar-refractivity contribution in [2.75, 3.05) is 18.4 Å². The summed E-state index contributed by atoms with van der Waals surface area (Å²) in [5.41, 5.74) is 2.35. The van der Waals surface area contributed by atoms with Crippen LogP contribution < -0.4 is 5.32 Å². The molecule has 1 aliphatic heterocycles. The quantitative estimate of drug-likeness (QED) is 0.936. The Balaban J connectivity index is 1.64. The summed E-state index contributed by atoms with van der Waals surface area (Å²) in [6, 6.07) is 17.2. The van der Waals surface area contributed by atoms with Gasteiger partial charge in [0, 0.05) is 24.8 Å². The molecule has 0 saturated carbocycles. The van der Waals surface area contributed by atoms with Gasteiger partial charge in [-0.25, -0.2) is 8.42 Å². The molecule has 0 atom stereocenters. The van der Waals surface area contributed by atoms with Crippen molar-refractivity contribution >= 4 is 15.7 Å². The van der Waals surface area contributed by atoms with E-state index in [9.17, 15) is 8.42 Å². The highest BCUT2D eigenvalue weighted by Crippen LogP contribution is 2.23. The normalized spacial score (nSPS) is 17.1. The molecule has 2 aromatic carbocycles. The van der Waals surface area contributed by atoms with Gasteiger partial charge in [0.05, 0.1) is 4.90 Å². The summed E-state index contributed by atoms with van der Waals surface area (Å²) >= 11 is 0. The van der Waals surface area contributed by atoms with Crippen LogP contribution in [0.5, 0.6) is 0 Å². The molecule has 1 saturated heterocycles. The summed E-state index contributed by atoms with van der Waals surface area (Å²) < 4.78 is 26.8. The average Bonchev–Trinajstić information content (AvgIpc) is 2.58. The SMILES string of the molecule is Cc1ccccc1NC1CCN(S(=O)(=O)c2ccccc2)CC1. The minimum absolute atomic E-state index is 0.318. The van der Waals surface area contributed by atoms with Gasteiger partial charge in [-0.2, -0.15) is 4.31 Å². The highest BCUT2D eigenvalue weighted by atomic mass is 32.2. The molecule has 4 nitrogen and oxygen atoms in total. The zero-order valence-electron chi connectivity index (χ0n) is 13.3. The predicted molar refractivity (Wildman–Crippen MR) is 93.0 cm³/mol. The first-order valence-electron chi connectivity index (χ1n) is 7.95.